The quantitative estimate of drug-likeness (QED) is 0.512. The second kappa shape index (κ2) is 6.30. The maximum atomic E-state index is 11.2. The van der Waals surface area contributed by atoms with Gasteiger partial charge in [0.1, 0.15) is 12.4 Å². The van der Waals surface area contributed by atoms with Crippen LogP contribution in [0.4, 0.5) is 5.69 Å². The zero-order valence-electron chi connectivity index (χ0n) is 12.4. The highest BCUT2D eigenvalue weighted by Crippen LogP contribution is 2.30. The summed E-state index contributed by atoms with van der Waals surface area (Å²) in [6.45, 7) is 1.00. The van der Waals surface area contributed by atoms with Gasteiger partial charge in [-0.25, -0.2) is 9.97 Å². The molecule has 0 radical (unpaired) electrons. The van der Waals surface area contributed by atoms with Gasteiger partial charge in [-0.2, -0.15) is 0 Å². The predicted molar refractivity (Wildman–Crippen MR) is 82.7 cm³/mol. The monoisotopic (exact) mass is 314 g/mol. The fraction of sp³-hybridized carbons (Fsp3) is 0.200. The summed E-state index contributed by atoms with van der Waals surface area (Å²) in [5, 5.41) is 11.8. The third-order valence-corrected chi connectivity index (χ3v) is 3.31. The summed E-state index contributed by atoms with van der Waals surface area (Å²) in [6.07, 6.45) is 5.20. The lowest BCUT2D eigenvalue weighted by Gasteiger charge is -2.08. The molecule has 0 spiro atoms. The van der Waals surface area contributed by atoms with E-state index in [0.717, 1.165) is 0 Å². The number of aromatic nitrogens is 3. The Morgan fingerprint density at radius 1 is 1.35 bits per heavy atom. The molecule has 1 aromatic carbocycles. The van der Waals surface area contributed by atoms with Crippen LogP contribution in [0.15, 0.2) is 43.0 Å². The number of hydrogen-bond acceptors (Lipinski definition) is 6. The largest absolute Gasteiger partial charge is 0.496 e. The van der Waals surface area contributed by atoms with E-state index in [1.165, 1.54) is 13.2 Å². The van der Waals surface area contributed by atoms with Gasteiger partial charge in [0.15, 0.2) is 5.52 Å². The Bertz CT molecular complexity index is 833. The number of fused-ring (bicyclic) bond motifs is 1. The van der Waals surface area contributed by atoms with Crippen molar-refractivity contribution >= 4 is 16.6 Å². The molecule has 0 bridgehead atoms. The zero-order valence-corrected chi connectivity index (χ0v) is 12.4. The first-order valence-corrected chi connectivity index (χ1v) is 6.89. The molecule has 0 atom stereocenters. The van der Waals surface area contributed by atoms with Crippen molar-refractivity contribution in [3.8, 4) is 11.6 Å². The second-order valence-corrected chi connectivity index (χ2v) is 4.77. The topological polar surface area (TPSA) is 92.3 Å². The van der Waals surface area contributed by atoms with Gasteiger partial charge in [-0.15, -0.1) is 0 Å². The van der Waals surface area contributed by atoms with Crippen LogP contribution in [0.3, 0.4) is 0 Å². The van der Waals surface area contributed by atoms with Crippen molar-refractivity contribution in [3.63, 3.8) is 0 Å². The minimum atomic E-state index is -0.479. The standard InChI is InChI=1S/C15H14N4O4/c1-22-12-8-11-2-3-14(17-15(11)13(9-12)19(20)21)23-7-6-18-5-4-16-10-18/h2-5,8-10H,6-7H2,1H3. The van der Waals surface area contributed by atoms with Crippen LogP contribution in [0.2, 0.25) is 0 Å². The Morgan fingerprint density at radius 3 is 2.91 bits per heavy atom. The van der Waals surface area contributed by atoms with Crippen molar-refractivity contribution in [2.24, 2.45) is 0 Å². The van der Waals surface area contributed by atoms with Crippen LogP contribution in [0.25, 0.3) is 10.9 Å². The van der Waals surface area contributed by atoms with E-state index < -0.39 is 4.92 Å². The molecule has 118 valence electrons. The van der Waals surface area contributed by atoms with Crippen LogP contribution in [0.5, 0.6) is 11.6 Å². The summed E-state index contributed by atoms with van der Waals surface area (Å²) < 4.78 is 12.5. The summed E-state index contributed by atoms with van der Waals surface area (Å²) in [4.78, 5) is 18.9. The number of nitro benzene ring substituents is 1. The number of hydrogen-bond donors (Lipinski definition) is 0. The van der Waals surface area contributed by atoms with Crippen molar-refractivity contribution in [3.05, 3.63) is 53.1 Å². The lowest BCUT2D eigenvalue weighted by molar-refractivity contribution is -0.383. The number of nitro groups is 1. The molecule has 2 heterocycles. The summed E-state index contributed by atoms with van der Waals surface area (Å²) in [5.41, 5.74) is 0.162. The molecule has 0 saturated carbocycles. The molecule has 0 aliphatic rings. The van der Waals surface area contributed by atoms with E-state index >= 15 is 0 Å². The smallest absolute Gasteiger partial charge is 0.299 e. The van der Waals surface area contributed by atoms with E-state index in [4.69, 9.17) is 9.47 Å². The number of imidazole rings is 1. The number of pyridine rings is 1. The lowest BCUT2D eigenvalue weighted by atomic mass is 10.2. The fourth-order valence-corrected chi connectivity index (χ4v) is 2.18. The molecular weight excluding hydrogens is 300 g/mol. The van der Waals surface area contributed by atoms with Gasteiger partial charge in [0.2, 0.25) is 5.88 Å². The van der Waals surface area contributed by atoms with Crippen LogP contribution in [-0.2, 0) is 6.54 Å². The van der Waals surface area contributed by atoms with E-state index in [-0.39, 0.29) is 11.2 Å². The fourth-order valence-electron chi connectivity index (χ4n) is 2.18. The first kappa shape index (κ1) is 14.8. The lowest BCUT2D eigenvalue weighted by Crippen LogP contribution is -2.07. The van der Waals surface area contributed by atoms with Crippen LogP contribution < -0.4 is 9.47 Å². The molecule has 23 heavy (non-hydrogen) atoms. The Hall–Kier alpha value is -3.16. The van der Waals surface area contributed by atoms with Gasteiger partial charge in [0, 0.05) is 23.8 Å². The maximum absolute atomic E-state index is 11.2. The predicted octanol–water partition coefficient (Wildman–Crippen LogP) is 2.43. The van der Waals surface area contributed by atoms with Crippen molar-refractivity contribution in [2.75, 3.05) is 13.7 Å². The molecule has 3 aromatic rings. The molecule has 0 N–H and O–H groups in total. The van der Waals surface area contributed by atoms with Gasteiger partial charge < -0.3 is 14.0 Å². The van der Waals surface area contributed by atoms with Gasteiger partial charge in [-0.05, 0) is 12.1 Å². The van der Waals surface area contributed by atoms with E-state index in [2.05, 4.69) is 9.97 Å². The van der Waals surface area contributed by atoms with Gasteiger partial charge in [0.25, 0.3) is 5.69 Å². The number of ether oxygens (including phenoxy) is 2. The molecular formula is C15H14N4O4. The van der Waals surface area contributed by atoms with E-state index in [1.807, 2.05) is 10.8 Å². The molecule has 3 rings (SSSR count). The number of methoxy groups -OCH3 is 1. The normalized spacial score (nSPS) is 10.7. The van der Waals surface area contributed by atoms with Crippen LogP contribution in [0, 0.1) is 10.1 Å². The molecule has 8 heteroatoms. The van der Waals surface area contributed by atoms with Gasteiger partial charge in [-0.1, -0.05) is 0 Å². The summed E-state index contributed by atoms with van der Waals surface area (Å²) in [5.74, 6) is 0.755. The average Bonchev–Trinajstić information content (AvgIpc) is 3.07. The number of rotatable bonds is 6. The van der Waals surface area contributed by atoms with E-state index in [9.17, 15) is 10.1 Å². The molecule has 0 aliphatic heterocycles. The van der Waals surface area contributed by atoms with Gasteiger partial charge in [-0.3, -0.25) is 10.1 Å². The van der Waals surface area contributed by atoms with Crippen molar-refractivity contribution < 1.29 is 14.4 Å². The number of nitrogens with zero attached hydrogens (tertiary/aromatic N) is 4. The minimum Gasteiger partial charge on any atom is -0.496 e. The SMILES string of the molecule is COc1cc([N+](=O)[O-])c2nc(OCCn3ccnc3)ccc2c1. The van der Waals surface area contributed by atoms with Crippen LogP contribution in [-0.4, -0.2) is 33.2 Å². The highest BCUT2D eigenvalue weighted by molar-refractivity contribution is 5.89. The van der Waals surface area contributed by atoms with E-state index in [1.54, 1.807) is 30.7 Å². The van der Waals surface area contributed by atoms with Crippen molar-refractivity contribution in [1.29, 1.82) is 0 Å². The Balaban J connectivity index is 1.85. The summed E-state index contributed by atoms with van der Waals surface area (Å²) in [7, 11) is 1.46. The number of non-ortho nitro benzene ring substituents is 1. The minimum absolute atomic E-state index is 0.112. The molecule has 0 unspecified atom stereocenters. The van der Waals surface area contributed by atoms with Crippen LogP contribution >= 0.6 is 0 Å². The first-order chi connectivity index (χ1) is 11.2. The molecule has 0 aliphatic carbocycles. The maximum Gasteiger partial charge on any atom is 0.299 e. The van der Waals surface area contributed by atoms with Crippen molar-refractivity contribution in [1.82, 2.24) is 14.5 Å². The molecule has 0 amide bonds. The van der Waals surface area contributed by atoms with Crippen LogP contribution in [0.1, 0.15) is 0 Å². The highest BCUT2D eigenvalue weighted by Gasteiger charge is 2.16. The first-order valence-electron chi connectivity index (χ1n) is 6.89. The van der Waals surface area contributed by atoms with Crippen molar-refractivity contribution in [2.45, 2.75) is 6.54 Å². The Morgan fingerprint density at radius 2 is 2.22 bits per heavy atom. The highest BCUT2D eigenvalue weighted by atomic mass is 16.6. The summed E-state index contributed by atoms with van der Waals surface area (Å²) >= 11 is 0. The van der Waals surface area contributed by atoms with Gasteiger partial charge >= 0.3 is 0 Å². The average molecular weight is 314 g/mol. The molecule has 2 aromatic heterocycles. The third-order valence-electron chi connectivity index (χ3n) is 3.31. The second-order valence-electron chi connectivity index (χ2n) is 4.77. The van der Waals surface area contributed by atoms with Gasteiger partial charge in [0.05, 0.1) is 31.0 Å². The molecule has 8 nitrogen and oxygen atoms in total. The number of benzene rings is 1. The Kier molecular flexibility index (Phi) is 4.05. The summed E-state index contributed by atoms with van der Waals surface area (Å²) in [6, 6.07) is 6.46. The Labute approximate surface area is 131 Å². The zero-order chi connectivity index (χ0) is 16.2. The molecule has 0 saturated heterocycles. The molecule has 0 fully saturated rings. The van der Waals surface area contributed by atoms with E-state index in [0.29, 0.717) is 30.2 Å². The third kappa shape index (κ3) is 3.20.